The van der Waals surface area contributed by atoms with Crippen molar-refractivity contribution in [2.45, 2.75) is 25.5 Å². The first-order valence-electron chi connectivity index (χ1n) is 8.78. The second kappa shape index (κ2) is 7.81. The standard InChI is InChI=1S/C21H23NO4/c1-3-19(23)17-6-4-5-16(11-17)14-7-9-15(10-8-14)21(25)22(2)18-12-26-13-20(18)24/h4-11,18,20,24H,3,12-13H2,1-2H3/t18-,20-/m0/s1. The van der Waals surface area contributed by atoms with Crippen molar-refractivity contribution in [1.29, 1.82) is 0 Å². The van der Waals surface area contributed by atoms with Crippen LogP contribution in [0.15, 0.2) is 48.5 Å². The van der Waals surface area contributed by atoms with E-state index >= 15 is 0 Å². The van der Waals surface area contributed by atoms with Crippen molar-refractivity contribution in [3.05, 3.63) is 59.7 Å². The summed E-state index contributed by atoms with van der Waals surface area (Å²) in [5.74, 6) is -0.0429. The van der Waals surface area contributed by atoms with Crippen LogP contribution in [0.1, 0.15) is 34.1 Å². The van der Waals surface area contributed by atoms with E-state index in [-0.39, 0.29) is 24.3 Å². The summed E-state index contributed by atoms with van der Waals surface area (Å²) in [6.45, 7) is 2.45. The van der Waals surface area contributed by atoms with Gasteiger partial charge in [-0.25, -0.2) is 0 Å². The number of amides is 1. The number of hydrogen-bond donors (Lipinski definition) is 1. The number of Topliss-reactive ketones (excluding diaryl/α,β-unsaturated/α-hetero) is 1. The van der Waals surface area contributed by atoms with E-state index in [1.54, 1.807) is 19.2 Å². The molecule has 0 aromatic heterocycles. The second-order valence-corrected chi connectivity index (χ2v) is 6.52. The SMILES string of the molecule is CCC(=O)c1cccc(-c2ccc(C(=O)N(C)[C@H]3COC[C@@H]3O)cc2)c1. The number of aliphatic hydroxyl groups is 1. The van der Waals surface area contributed by atoms with E-state index < -0.39 is 6.10 Å². The Morgan fingerprint density at radius 1 is 1.08 bits per heavy atom. The quantitative estimate of drug-likeness (QED) is 0.840. The van der Waals surface area contributed by atoms with E-state index in [0.717, 1.165) is 11.1 Å². The predicted molar refractivity (Wildman–Crippen MR) is 99.2 cm³/mol. The molecule has 0 bridgehead atoms. The molecule has 3 rings (SSSR count). The van der Waals surface area contributed by atoms with E-state index in [1.165, 1.54) is 4.90 Å². The van der Waals surface area contributed by atoms with E-state index in [2.05, 4.69) is 0 Å². The number of ketones is 1. The number of carbonyl (C=O) groups excluding carboxylic acids is 2. The lowest BCUT2D eigenvalue weighted by atomic mass is 9.99. The van der Waals surface area contributed by atoms with Gasteiger partial charge >= 0.3 is 0 Å². The minimum Gasteiger partial charge on any atom is -0.388 e. The van der Waals surface area contributed by atoms with Crippen LogP contribution in [0.25, 0.3) is 11.1 Å². The van der Waals surface area contributed by atoms with E-state index in [9.17, 15) is 14.7 Å². The molecule has 0 unspecified atom stereocenters. The van der Waals surface area contributed by atoms with Crippen molar-refractivity contribution < 1.29 is 19.4 Å². The van der Waals surface area contributed by atoms with Crippen LogP contribution in [0.4, 0.5) is 0 Å². The average molecular weight is 353 g/mol. The van der Waals surface area contributed by atoms with Gasteiger partial charge in [-0.15, -0.1) is 0 Å². The van der Waals surface area contributed by atoms with Crippen molar-refractivity contribution >= 4 is 11.7 Å². The van der Waals surface area contributed by atoms with Crippen molar-refractivity contribution in [1.82, 2.24) is 4.90 Å². The summed E-state index contributed by atoms with van der Waals surface area (Å²) in [7, 11) is 1.68. The van der Waals surface area contributed by atoms with Crippen molar-refractivity contribution in [3.8, 4) is 11.1 Å². The number of carbonyl (C=O) groups is 2. The third-order valence-corrected chi connectivity index (χ3v) is 4.81. The van der Waals surface area contributed by atoms with Crippen LogP contribution in [-0.4, -0.2) is 54.1 Å². The van der Waals surface area contributed by atoms with Gasteiger partial charge in [0.05, 0.1) is 25.4 Å². The molecule has 5 heteroatoms. The fraction of sp³-hybridized carbons (Fsp3) is 0.333. The Kier molecular flexibility index (Phi) is 5.49. The minimum atomic E-state index is -0.651. The summed E-state index contributed by atoms with van der Waals surface area (Å²) in [4.78, 5) is 26.0. The van der Waals surface area contributed by atoms with Crippen molar-refractivity contribution in [2.24, 2.45) is 0 Å². The van der Waals surface area contributed by atoms with Crippen LogP contribution in [0.5, 0.6) is 0 Å². The smallest absolute Gasteiger partial charge is 0.254 e. The van der Waals surface area contributed by atoms with Gasteiger partial charge in [-0.2, -0.15) is 0 Å². The number of nitrogens with zero attached hydrogens (tertiary/aromatic N) is 1. The molecule has 5 nitrogen and oxygen atoms in total. The fourth-order valence-electron chi connectivity index (χ4n) is 3.14. The number of likely N-dealkylation sites (N-methyl/N-ethyl adjacent to an activating group) is 1. The van der Waals surface area contributed by atoms with Gasteiger partial charge in [-0.05, 0) is 29.3 Å². The summed E-state index contributed by atoms with van der Waals surface area (Å²) in [5.41, 5.74) is 3.13. The zero-order valence-corrected chi connectivity index (χ0v) is 15.0. The average Bonchev–Trinajstić information content (AvgIpc) is 3.12. The molecule has 0 spiro atoms. The first-order chi connectivity index (χ1) is 12.5. The highest BCUT2D eigenvalue weighted by atomic mass is 16.5. The number of hydrogen-bond acceptors (Lipinski definition) is 4. The van der Waals surface area contributed by atoms with Gasteiger partial charge < -0.3 is 14.7 Å². The van der Waals surface area contributed by atoms with Gasteiger partial charge in [0.1, 0.15) is 0 Å². The molecule has 2 aromatic carbocycles. The first kappa shape index (κ1) is 18.3. The molecule has 0 saturated carbocycles. The van der Waals surface area contributed by atoms with Crippen molar-refractivity contribution in [3.63, 3.8) is 0 Å². The number of benzene rings is 2. The molecule has 1 aliphatic heterocycles. The van der Waals surface area contributed by atoms with Crippen LogP contribution < -0.4 is 0 Å². The van der Waals surface area contributed by atoms with Gasteiger partial charge in [0.15, 0.2) is 5.78 Å². The lowest BCUT2D eigenvalue weighted by Gasteiger charge is -2.25. The van der Waals surface area contributed by atoms with E-state index in [4.69, 9.17) is 4.74 Å². The summed E-state index contributed by atoms with van der Waals surface area (Å²) < 4.78 is 5.22. The largest absolute Gasteiger partial charge is 0.388 e. The summed E-state index contributed by atoms with van der Waals surface area (Å²) in [5, 5.41) is 9.89. The van der Waals surface area contributed by atoms with Crippen LogP contribution in [0.3, 0.4) is 0 Å². The van der Waals surface area contributed by atoms with Crippen LogP contribution in [-0.2, 0) is 4.74 Å². The highest BCUT2D eigenvalue weighted by Gasteiger charge is 2.32. The predicted octanol–water partition coefficient (Wildman–Crippen LogP) is 2.78. The highest BCUT2D eigenvalue weighted by Crippen LogP contribution is 2.23. The zero-order valence-electron chi connectivity index (χ0n) is 15.0. The third-order valence-electron chi connectivity index (χ3n) is 4.81. The Balaban J connectivity index is 1.78. The van der Waals surface area contributed by atoms with E-state index in [0.29, 0.717) is 24.2 Å². The molecule has 2 atom stereocenters. The maximum atomic E-state index is 12.6. The highest BCUT2D eigenvalue weighted by molar-refractivity contribution is 5.97. The molecule has 0 aliphatic carbocycles. The summed E-state index contributed by atoms with van der Waals surface area (Å²) in [6.07, 6.45) is -0.179. The lowest BCUT2D eigenvalue weighted by Crippen LogP contribution is -2.44. The second-order valence-electron chi connectivity index (χ2n) is 6.52. The molecule has 0 radical (unpaired) electrons. The molecule has 1 aliphatic rings. The lowest BCUT2D eigenvalue weighted by molar-refractivity contribution is 0.0581. The topological polar surface area (TPSA) is 66.8 Å². The normalized spacial score (nSPS) is 19.3. The van der Waals surface area contributed by atoms with E-state index in [1.807, 2.05) is 43.3 Å². The number of rotatable bonds is 5. The zero-order chi connectivity index (χ0) is 18.7. The number of aliphatic hydroxyl groups excluding tert-OH is 1. The molecule has 2 aromatic rings. The molecule has 1 fully saturated rings. The molecule has 26 heavy (non-hydrogen) atoms. The number of ether oxygens (including phenoxy) is 1. The molecular formula is C21H23NO4. The molecule has 136 valence electrons. The fourth-order valence-corrected chi connectivity index (χ4v) is 3.14. The Hall–Kier alpha value is -2.50. The first-order valence-corrected chi connectivity index (χ1v) is 8.78. The molecule has 1 N–H and O–H groups in total. The monoisotopic (exact) mass is 353 g/mol. The van der Waals surface area contributed by atoms with Crippen LogP contribution in [0, 0.1) is 0 Å². The van der Waals surface area contributed by atoms with Gasteiger partial charge in [-0.3, -0.25) is 9.59 Å². The van der Waals surface area contributed by atoms with Gasteiger partial charge in [0.25, 0.3) is 5.91 Å². The van der Waals surface area contributed by atoms with Gasteiger partial charge in [0.2, 0.25) is 0 Å². The van der Waals surface area contributed by atoms with Gasteiger partial charge in [0, 0.05) is 24.6 Å². The third kappa shape index (κ3) is 3.69. The van der Waals surface area contributed by atoms with Gasteiger partial charge in [-0.1, -0.05) is 37.3 Å². The molecule has 1 heterocycles. The Morgan fingerprint density at radius 2 is 1.81 bits per heavy atom. The Bertz CT molecular complexity index is 800. The maximum Gasteiger partial charge on any atom is 0.254 e. The summed E-state index contributed by atoms with van der Waals surface area (Å²) >= 11 is 0. The Morgan fingerprint density at radius 3 is 2.42 bits per heavy atom. The van der Waals surface area contributed by atoms with Crippen LogP contribution >= 0.6 is 0 Å². The molecule has 1 amide bonds. The minimum absolute atomic E-state index is 0.109. The Labute approximate surface area is 153 Å². The molecule has 1 saturated heterocycles. The summed E-state index contributed by atoms with van der Waals surface area (Å²) in [6, 6.07) is 14.5. The van der Waals surface area contributed by atoms with Crippen LogP contribution in [0.2, 0.25) is 0 Å². The maximum absolute atomic E-state index is 12.6. The molecular weight excluding hydrogens is 330 g/mol. The van der Waals surface area contributed by atoms with Crippen molar-refractivity contribution in [2.75, 3.05) is 20.3 Å².